The Morgan fingerprint density at radius 1 is 1.10 bits per heavy atom. The van der Waals surface area contributed by atoms with Gasteiger partial charge >= 0.3 is 5.97 Å². The zero-order valence-corrected chi connectivity index (χ0v) is 11.3. The Balaban J connectivity index is 2.28. The number of rotatable bonds is 3. The predicted molar refractivity (Wildman–Crippen MR) is 77.5 cm³/mol. The van der Waals surface area contributed by atoms with Gasteiger partial charge in [-0.25, -0.2) is 4.79 Å². The van der Waals surface area contributed by atoms with Crippen LogP contribution in [0.3, 0.4) is 0 Å². The zero-order valence-electron chi connectivity index (χ0n) is 11.3. The maximum atomic E-state index is 12.1. The summed E-state index contributed by atoms with van der Waals surface area (Å²) in [7, 11) is 1.34. The van der Waals surface area contributed by atoms with Gasteiger partial charge in [-0.15, -0.1) is 0 Å². The Kier molecular flexibility index (Phi) is 3.28. The topological polar surface area (TPSA) is 56.5 Å². The quantitative estimate of drug-likeness (QED) is 0.543. The fraction of sp³-hybridized carbons (Fsp3) is 0.0588. The Labute approximate surface area is 121 Å². The van der Waals surface area contributed by atoms with Crippen molar-refractivity contribution in [1.82, 2.24) is 0 Å². The number of carbonyl (C=O) groups excluding carboxylic acids is 2. The molecule has 4 heteroatoms. The molecule has 0 saturated heterocycles. The first-order valence-corrected chi connectivity index (χ1v) is 6.40. The Morgan fingerprint density at radius 2 is 1.90 bits per heavy atom. The van der Waals surface area contributed by atoms with Gasteiger partial charge in [-0.1, -0.05) is 30.3 Å². The van der Waals surface area contributed by atoms with E-state index in [0.717, 1.165) is 11.1 Å². The van der Waals surface area contributed by atoms with Crippen LogP contribution in [-0.2, 0) is 4.74 Å². The lowest BCUT2D eigenvalue weighted by Crippen LogP contribution is -2.02. The molecule has 1 heterocycles. The van der Waals surface area contributed by atoms with Crippen molar-refractivity contribution in [3.05, 3.63) is 59.9 Å². The summed E-state index contributed by atoms with van der Waals surface area (Å²) in [5.74, 6) is 0.253. The van der Waals surface area contributed by atoms with Crippen molar-refractivity contribution in [3.8, 4) is 22.5 Å². The number of carbonyl (C=O) groups is 2. The molecule has 0 bridgehead atoms. The summed E-state index contributed by atoms with van der Waals surface area (Å²) >= 11 is 0. The van der Waals surface area contributed by atoms with Crippen LogP contribution in [0.2, 0.25) is 0 Å². The van der Waals surface area contributed by atoms with Crippen molar-refractivity contribution in [2.24, 2.45) is 0 Å². The van der Waals surface area contributed by atoms with Gasteiger partial charge in [-0.2, -0.15) is 0 Å². The third-order valence-electron chi connectivity index (χ3n) is 3.31. The summed E-state index contributed by atoms with van der Waals surface area (Å²) in [4.78, 5) is 22.9. The molecule has 0 unspecified atom stereocenters. The first-order chi connectivity index (χ1) is 10.2. The number of esters is 1. The van der Waals surface area contributed by atoms with Crippen LogP contribution in [0.4, 0.5) is 0 Å². The SMILES string of the molecule is COC(=O)c1c2cccccc-2cc1-c1ccc(C=O)o1. The van der Waals surface area contributed by atoms with Crippen LogP contribution in [0.15, 0.2) is 52.9 Å². The van der Waals surface area contributed by atoms with Gasteiger partial charge in [-0.3, -0.25) is 4.79 Å². The average molecular weight is 280 g/mol. The minimum atomic E-state index is -0.435. The number of hydrogen-bond donors (Lipinski definition) is 0. The summed E-state index contributed by atoms with van der Waals surface area (Å²) in [5, 5.41) is 0. The van der Waals surface area contributed by atoms with E-state index in [-0.39, 0.29) is 5.76 Å². The Bertz CT molecular complexity index is 785. The van der Waals surface area contributed by atoms with Crippen LogP contribution in [0.25, 0.3) is 22.5 Å². The van der Waals surface area contributed by atoms with E-state index in [9.17, 15) is 9.59 Å². The lowest BCUT2D eigenvalue weighted by atomic mass is 10.1. The summed E-state index contributed by atoms with van der Waals surface area (Å²) in [6, 6.07) is 14.5. The number of hydrogen-bond acceptors (Lipinski definition) is 4. The molecule has 0 amide bonds. The van der Waals surface area contributed by atoms with Crippen LogP contribution in [0.1, 0.15) is 20.9 Å². The van der Waals surface area contributed by atoms with E-state index in [1.807, 2.05) is 36.4 Å². The first-order valence-electron chi connectivity index (χ1n) is 6.40. The van der Waals surface area contributed by atoms with E-state index in [0.29, 0.717) is 23.2 Å². The molecule has 1 aromatic heterocycles. The van der Waals surface area contributed by atoms with Crippen molar-refractivity contribution < 1.29 is 18.7 Å². The molecular weight excluding hydrogens is 268 g/mol. The van der Waals surface area contributed by atoms with E-state index in [1.54, 1.807) is 12.1 Å². The van der Waals surface area contributed by atoms with Gasteiger partial charge in [0.1, 0.15) is 5.76 Å². The third kappa shape index (κ3) is 2.21. The third-order valence-corrected chi connectivity index (χ3v) is 3.31. The van der Waals surface area contributed by atoms with Gasteiger partial charge in [0.05, 0.1) is 12.7 Å². The molecule has 104 valence electrons. The molecule has 2 aliphatic carbocycles. The zero-order chi connectivity index (χ0) is 14.8. The average Bonchev–Trinajstić information content (AvgIpc) is 3.05. The second-order valence-corrected chi connectivity index (χ2v) is 4.52. The molecule has 0 atom stereocenters. The van der Waals surface area contributed by atoms with Gasteiger partial charge < -0.3 is 9.15 Å². The largest absolute Gasteiger partial charge is 0.465 e. The molecule has 0 spiro atoms. The second kappa shape index (κ2) is 5.25. The number of furan rings is 1. The Hall–Kier alpha value is -2.88. The van der Waals surface area contributed by atoms with Crippen molar-refractivity contribution in [3.63, 3.8) is 0 Å². The van der Waals surface area contributed by atoms with Gasteiger partial charge in [-0.05, 0) is 29.3 Å². The maximum Gasteiger partial charge on any atom is 0.339 e. The molecule has 0 aromatic carbocycles. The van der Waals surface area contributed by atoms with E-state index in [2.05, 4.69) is 0 Å². The molecule has 0 saturated carbocycles. The van der Waals surface area contributed by atoms with Crippen molar-refractivity contribution in [2.45, 2.75) is 0 Å². The normalized spacial score (nSPS) is 10.5. The summed E-state index contributed by atoms with van der Waals surface area (Å²) in [5.41, 5.74) is 2.75. The highest BCUT2D eigenvalue weighted by molar-refractivity contribution is 6.06. The summed E-state index contributed by atoms with van der Waals surface area (Å²) < 4.78 is 10.3. The van der Waals surface area contributed by atoms with E-state index < -0.39 is 5.97 Å². The van der Waals surface area contributed by atoms with Crippen LogP contribution in [0.5, 0.6) is 0 Å². The highest BCUT2D eigenvalue weighted by atomic mass is 16.5. The lowest BCUT2D eigenvalue weighted by Gasteiger charge is -2.02. The van der Waals surface area contributed by atoms with Crippen LogP contribution < -0.4 is 0 Å². The van der Waals surface area contributed by atoms with E-state index in [4.69, 9.17) is 9.15 Å². The smallest absolute Gasteiger partial charge is 0.339 e. The monoisotopic (exact) mass is 280 g/mol. The number of fused-ring (bicyclic) bond motifs is 1. The standard InChI is InChI=1S/C17H12O4/c1-20-17(19)16-13-6-4-2-3-5-11(13)9-14(16)15-8-7-12(10-18)21-15/h2-10H,1H3. The lowest BCUT2D eigenvalue weighted by molar-refractivity contribution is 0.0602. The fourth-order valence-electron chi connectivity index (χ4n) is 2.36. The molecule has 0 radical (unpaired) electrons. The van der Waals surface area contributed by atoms with Crippen molar-refractivity contribution in [2.75, 3.05) is 7.11 Å². The highest BCUT2D eigenvalue weighted by Crippen LogP contribution is 2.38. The second-order valence-electron chi connectivity index (χ2n) is 4.52. The fourth-order valence-corrected chi connectivity index (χ4v) is 2.36. The minimum absolute atomic E-state index is 0.219. The summed E-state index contributed by atoms with van der Waals surface area (Å²) in [6.07, 6.45) is 0.629. The maximum absolute atomic E-state index is 12.1. The highest BCUT2D eigenvalue weighted by Gasteiger charge is 2.24. The first kappa shape index (κ1) is 13.1. The van der Waals surface area contributed by atoms with E-state index >= 15 is 0 Å². The number of aldehydes is 1. The molecule has 4 nitrogen and oxygen atoms in total. The molecule has 0 fully saturated rings. The Morgan fingerprint density at radius 3 is 2.62 bits per heavy atom. The van der Waals surface area contributed by atoms with Gasteiger partial charge in [0, 0.05) is 5.56 Å². The van der Waals surface area contributed by atoms with Crippen LogP contribution in [-0.4, -0.2) is 19.4 Å². The molecule has 1 aromatic rings. The molecular formula is C17H12O4. The molecule has 3 rings (SSSR count). The van der Waals surface area contributed by atoms with Gasteiger partial charge in [0.2, 0.25) is 0 Å². The van der Waals surface area contributed by atoms with Crippen molar-refractivity contribution >= 4 is 12.3 Å². The molecule has 0 aliphatic heterocycles. The number of ether oxygens (including phenoxy) is 1. The predicted octanol–water partition coefficient (Wildman–Crippen LogP) is 3.65. The summed E-state index contributed by atoms with van der Waals surface area (Å²) in [6.45, 7) is 0. The molecule has 21 heavy (non-hydrogen) atoms. The molecule has 2 aliphatic rings. The van der Waals surface area contributed by atoms with Gasteiger partial charge in [0.15, 0.2) is 12.0 Å². The van der Waals surface area contributed by atoms with Crippen LogP contribution >= 0.6 is 0 Å². The minimum Gasteiger partial charge on any atom is -0.465 e. The van der Waals surface area contributed by atoms with E-state index in [1.165, 1.54) is 7.11 Å². The van der Waals surface area contributed by atoms with Gasteiger partial charge in [0.25, 0.3) is 0 Å². The molecule has 0 N–H and O–H groups in total. The van der Waals surface area contributed by atoms with Crippen molar-refractivity contribution in [1.29, 1.82) is 0 Å². The number of methoxy groups -OCH3 is 1. The van der Waals surface area contributed by atoms with Crippen LogP contribution in [0, 0.1) is 0 Å².